The summed E-state index contributed by atoms with van der Waals surface area (Å²) in [6, 6.07) is 5.81. The minimum absolute atomic E-state index is 0.121. The second-order valence-electron chi connectivity index (χ2n) is 5.06. The molecule has 18 heavy (non-hydrogen) atoms. The number of pyridine rings is 1. The molecule has 1 N–H and O–H groups in total. The van der Waals surface area contributed by atoms with E-state index >= 15 is 0 Å². The van der Waals surface area contributed by atoms with Crippen LogP contribution in [0, 0.1) is 0 Å². The van der Waals surface area contributed by atoms with E-state index in [0.717, 1.165) is 18.8 Å². The normalized spacial score (nSPS) is 11.6. The maximum Gasteiger partial charge on any atom is 0.213 e. The molecule has 0 unspecified atom stereocenters. The Morgan fingerprint density at radius 3 is 2.67 bits per heavy atom. The topological polar surface area (TPSA) is 43.4 Å². The highest BCUT2D eigenvalue weighted by Crippen LogP contribution is 2.09. The van der Waals surface area contributed by atoms with Crippen LogP contribution in [0.3, 0.4) is 0 Å². The van der Waals surface area contributed by atoms with E-state index in [-0.39, 0.29) is 5.60 Å². The van der Waals surface area contributed by atoms with E-state index in [2.05, 4.69) is 17.2 Å². The molecule has 0 saturated heterocycles. The minimum atomic E-state index is -0.121. The Morgan fingerprint density at radius 2 is 2.00 bits per heavy atom. The largest absolute Gasteiger partial charge is 0.475 e. The summed E-state index contributed by atoms with van der Waals surface area (Å²) < 4.78 is 11.1. The lowest BCUT2D eigenvalue weighted by Crippen LogP contribution is -2.22. The summed E-state index contributed by atoms with van der Waals surface area (Å²) in [5, 5.41) is 3.24. The van der Waals surface area contributed by atoms with Crippen LogP contribution < -0.4 is 10.1 Å². The highest BCUT2D eigenvalue weighted by atomic mass is 16.5. The van der Waals surface area contributed by atoms with Crippen LogP contribution in [0.5, 0.6) is 5.88 Å². The van der Waals surface area contributed by atoms with Crippen LogP contribution in [0.2, 0.25) is 0 Å². The molecule has 0 amide bonds. The number of aromatic nitrogens is 1. The van der Waals surface area contributed by atoms with Crippen molar-refractivity contribution in [1.82, 2.24) is 10.3 Å². The average molecular weight is 252 g/mol. The molecule has 1 aromatic heterocycles. The van der Waals surface area contributed by atoms with Gasteiger partial charge >= 0.3 is 0 Å². The predicted octanol–water partition coefficient (Wildman–Crippen LogP) is 2.39. The van der Waals surface area contributed by atoms with Crippen molar-refractivity contribution in [2.45, 2.75) is 39.8 Å². The maximum absolute atomic E-state index is 5.58. The third kappa shape index (κ3) is 6.57. The fourth-order valence-electron chi connectivity index (χ4n) is 1.38. The van der Waals surface area contributed by atoms with Gasteiger partial charge in [0.05, 0.1) is 17.9 Å². The Morgan fingerprint density at radius 1 is 1.22 bits per heavy atom. The highest BCUT2D eigenvalue weighted by Gasteiger charge is 2.09. The fourth-order valence-corrected chi connectivity index (χ4v) is 1.38. The van der Waals surface area contributed by atoms with Crippen molar-refractivity contribution in [2.75, 3.05) is 19.8 Å². The summed E-state index contributed by atoms with van der Waals surface area (Å²) >= 11 is 0. The molecule has 0 saturated carbocycles. The van der Waals surface area contributed by atoms with E-state index in [9.17, 15) is 0 Å². The summed E-state index contributed by atoms with van der Waals surface area (Å²) in [4.78, 5) is 4.40. The van der Waals surface area contributed by atoms with Gasteiger partial charge in [-0.2, -0.15) is 0 Å². The molecule has 0 aliphatic heterocycles. The molecular formula is C14H24N2O2. The summed E-state index contributed by atoms with van der Waals surface area (Å²) in [5.74, 6) is 0.655. The molecule has 1 heterocycles. The third-order valence-electron chi connectivity index (χ3n) is 2.21. The highest BCUT2D eigenvalue weighted by molar-refractivity contribution is 5.15. The van der Waals surface area contributed by atoms with Crippen LogP contribution in [0.25, 0.3) is 0 Å². The van der Waals surface area contributed by atoms with Gasteiger partial charge in [-0.15, -0.1) is 0 Å². The van der Waals surface area contributed by atoms with E-state index in [0.29, 0.717) is 19.1 Å². The first-order valence-electron chi connectivity index (χ1n) is 6.44. The minimum Gasteiger partial charge on any atom is -0.475 e. The van der Waals surface area contributed by atoms with Gasteiger partial charge in [-0.05, 0) is 33.4 Å². The van der Waals surface area contributed by atoms with Crippen molar-refractivity contribution < 1.29 is 9.47 Å². The van der Waals surface area contributed by atoms with Gasteiger partial charge in [-0.25, -0.2) is 4.98 Å². The van der Waals surface area contributed by atoms with Gasteiger partial charge in [-0.3, -0.25) is 0 Å². The zero-order chi connectivity index (χ0) is 13.4. The van der Waals surface area contributed by atoms with Crippen molar-refractivity contribution in [3.63, 3.8) is 0 Å². The molecule has 0 aromatic carbocycles. The van der Waals surface area contributed by atoms with Crippen LogP contribution in [0.4, 0.5) is 0 Å². The summed E-state index contributed by atoms with van der Waals surface area (Å²) in [5.41, 5.74) is 0.870. The van der Waals surface area contributed by atoms with Gasteiger partial charge < -0.3 is 14.8 Å². The van der Waals surface area contributed by atoms with Gasteiger partial charge in [0.25, 0.3) is 0 Å². The van der Waals surface area contributed by atoms with E-state index in [1.807, 2.05) is 39.0 Å². The molecule has 0 bridgehead atoms. The van der Waals surface area contributed by atoms with Crippen molar-refractivity contribution in [2.24, 2.45) is 0 Å². The maximum atomic E-state index is 5.58. The van der Waals surface area contributed by atoms with E-state index in [4.69, 9.17) is 9.47 Å². The number of nitrogens with zero attached hydrogens (tertiary/aromatic N) is 1. The van der Waals surface area contributed by atoms with Gasteiger partial charge in [0.2, 0.25) is 5.88 Å². The molecular weight excluding hydrogens is 228 g/mol. The molecule has 4 heteroatoms. The standard InChI is InChI=1S/C14H24N2O2/c1-5-15-11-12-7-6-8-13(16-12)17-9-10-18-14(2,3)4/h6-8,15H,5,9-11H2,1-4H3. The van der Waals surface area contributed by atoms with Gasteiger partial charge in [0.1, 0.15) is 6.61 Å². The molecule has 1 rings (SSSR count). The Balaban J connectivity index is 2.33. The zero-order valence-corrected chi connectivity index (χ0v) is 11.8. The van der Waals surface area contributed by atoms with Crippen LogP contribution in [0.1, 0.15) is 33.4 Å². The molecule has 1 aromatic rings. The molecule has 0 aliphatic carbocycles. The zero-order valence-electron chi connectivity index (χ0n) is 11.8. The first-order valence-corrected chi connectivity index (χ1v) is 6.44. The smallest absolute Gasteiger partial charge is 0.213 e. The quantitative estimate of drug-likeness (QED) is 0.757. The van der Waals surface area contributed by atoms with Crippen molar-refractivity contribution >= 4 is 0 Å². The Kier molecular flexibility index (Phi) is 6.09. The van der Waals surface area contributed by atoms with Crippen LogP contribution in [-0.2, 0) is 11.3 Å². The summed E-state index contributed by atoms with van der Waals surface area (Å²) in [6.07, 6.45) is 0. The molecule has 0 atom stereocenters. The molecule has 0 fully saturated rings. The van der Waals surface area contributed by atoms with Crippen molar-refractivity contribution in [3.05, 3.63) is 23.9 Å². The van der Waals surface area contributed by atoms with Crippen LogP contribution in [-0.4, -0.2) is 30.3 Å². The summed E-state index contributed by atoms with van der Waals surface area (Å²) in [7, 11) is 0. The number of hydrogen-bond donors (Lipinski definition) is 1. The van der Waals surface area contributed by atoms with Crippen LogP contribution in [0.15, 0.2) is 18.2 Å². The Bertz CT molecular complexity index is 348. The lowest BCUT2D eigenvalue weighted by Gasteiger charge is -2.19. The van der Waals surface area contributed by atoms with E-state index in [1.54, 1.807) is 0 Å². The first-order chi connectivity index (χ1) is 8.51. The van der Waals surface area contributed by atoms with Gasteiger partial charge in [0.15, 0.2) is 0 Å². The number of ether oxygens (including phenoxy) is 2. The number of hydrogen-bond acceptors (Lipinski definition) is 4. The monoisotopic (exact) mass is 252 g/mol. The van der Waals surface area contributed by atoms with Gasteiger partial charge in [-0.1, -0.05) is 13.0 Å². The van der Waals surface area contributed by atoms with E-state index in [1.165, 1.54) is 0 Å². The Hall–Kier alpha value is -1.13. The van der Waals surface area contributed by atoms with E-state index < -0.39 is 0 Å². The second-order valence-corrected chi connectivity index (χ2v) is 5.06. The Labute approximate surface area is 110 Å². The number of rotatable bonds is 7. The predicted molar refractivity (Wildman–Crippen MR) is 72.8 cm³/mol. The number of nitrogens with one attached hydrogen (secondary N) is 1. The molecule has 4 nitrogen and oxygen atoms in total. The first kappa shape index (κ1) is 14.9. The second kappa shape index (κ2) is 7.34. The third-order valence-corrected chi connectivity index (χ3v) is 2.21. The molecule has 102 valence electrons. The van der Waals surface area contributed by atoms with Crippen molar-refractivity contribution in [3.8, 4) is 5.88 Å². The lowest BCUT2D eigenvalue weighted by molar-refractivity contribution is -0.0168. The van der Waals surface area contributed by atoms with Gasteiger partial charge in [0, 0.05) is 12.6 Å². The summed E-state index contributed by atoms with van der Waals surface area (Å²) in [6.45, 7) is 11.0. The lowest BCUT2D eigenvalue weighted by atomic mass is 10.2. The molecule has 0 radical (unpaired) electrons. The SMILES string of the molecule is CCNCc1cccc(OCCOC(C)(C)C)n1. The molecule has 0 aliphatic rings. The van der Waals surface area contributed by atoms with Crippen molar-refractivity contribution in [1.29, 1.82) is 0 Å². The fraction of sp³-hybridized carbons (Fsp3) is 0.643. The van der Waals surface area contributed by atoms with Crippen LogP contribution >= 0.6 is 0 Å². The average Bonchev–Trinajstić information content (AvgIpc) is 2.31. The molecule has 0 spiro atoms.